The van der Waals surface area contributed by atoms with Crippen LogP contribution in [0.4, 0.5) is 5.13 Å². The highest BCUT2D eigenvalue weighted by Crippen LogP contribution is 2.25. The molecule has 4 nitrogen and oxygen atoms in total. The van der Waals surface area contributed by atoms with Gasteiger partial charge >= 0.3 is 0 Å². The number of nitrogens with zero attached hydrogens (tertiary/aromatic N) is 1. The molecule has 0 saturated carbocycles. The maximum Gasteiger partial charge on any atom is 0.229 e. The maximum atomic E-state index is 11.8. The lowest BCUT2D eigenvalue weighted by atomic mass is 10.2. The number of nitrogens with one attached hydrogen (secondary N) is 1. The van der Waals surface area contributed by atoms with Gasteiger partial charge in [0.05, 0.1) is 13.0 Å². The normalized spacial score (nSPS) is 10.7. The quantitative estimate of drug-likeness (QED) is 0.860. The van der Waals surface area contributed by atoms with E-state index in [0.717, 1.165) is 4.88 Å². The Labute approximate surface area is 133 Å². The van der Waals surface area contributed by atoms with E-state index in [9.17, 15) is 4.79 Å². The van der Waals surface area contributed by atoms with Crippen molar-refractivity contribution in [2.24, 2.45) is 0 Å². The molecule has 0 bridgehead atoms. The highest BCUT2D eigenvalue weighted by Gasteiger charge is 2.08. The number of carbonyl (C=O) groups excluding carboxylic acids is 1. The number of amides is 1. The summed E-state index contributed by atoms with van der Waals surface area (Å²) in [6.45, 7) is 4.51. The molecular formula is C15H17ClN2O2S. The Kier molecular flexibility index (Phi) is 5.59. The van der Waals surface area contributed by atoms with Gasteiger partial charge in [-0.1, -0.05) is 25.4 Å². The second-order valence-corrected chi connectivity index (χ2v) is 6.32. The highest BCUT2D eigenvalue weighted by atomic mass is 35.5. The predicted molar refractivity (Wildman–Crippen MR) is 86.4 cm³/mol. The van der Waals surface area contributed by atoms with E-state index < -0.39 is 0 Å². The first-order chi connectivity index (χ1) is 10.0. The number of anilines is 1. The van der Waals surface area contributed by atoms with Crippen LogP contribution in [-0.2, 0) is 4.79 Å². The van der Waals surface area contributed by atoms with Gasteiger partial charge in [-0.05, 0) is 30.2 Å². The van der Waals surface area contributed by atoms with Gasteiger partial charge in [0.2, 0.25) is 5.91 Å². The number of benzene rings is 1. The SMILES string of the molecule is CC(C)c1cnc(NC(=O)CCOc2ccc(Cl)cc2)s1. The van der Waals surface area contributed by atoms with Crippen LogP contribution in [0.3, 0.4) is 0 Å². The second kappa shape index (κ2) is 7.43. The number of rotatable bonds is 6. The Bertz CT molecular complexity index is 596. The van der Waals surface area contributed by atoms with Crippen LogP contribution in [0, 0.1) is 0 Å². The number of aromatic nitrogens is 1. The Balaban J connectivity index is 1.75. The summed E-state index contributed by atoms with van der Waals surface area (Å²) < 4.78 is 5.48. The van der Waals surface area contributed by atoms with E-state index in [2.05, 4.69) is 24.1 Å². The fraction of sp³-hybridized carbons (Fsp3) is 0.333. The average Bonchev–Trinajstić information content (AvgIpc) is 2.90. The zero-order valence-corrected chi connectivity index (χ0v) is 13.5. The maximum absolute atomic E-state index is 11.8. The van der Waals surface area contributed by atoms with Gasteiger partial charge in [0.15, 0.2) is 5.13 Å². The van der Waals surface area contributed by atoms with Crippen LogP contribution in [0.5, 0.6) is 5.75 Å². The van der Waals surface area contributed by atoms with Crippen LogP contribution in [0.15, 0.2) is 30.5 Å². The van der Waals surface area contributed by atoms with E-state index in [1.165, 1.54) is 11.3 Å². The van der Waals surface area contributed by atoms with E-state index in [0.29, 0.717) is 28.4 Å². The lowest BCUT2D eigenvalue weighted by Gasteiger charge is -2.06. The average molecular weight is 325 g/mol. The van der Waals surface area contributed by atoms with E-state index in [-0.39, 0.29) is 12.3 Å². The standard InChI is InChI=1S/C15H17ClN2O2S/c1-10(2)13-9-17-15(21-13)18-14(19)7-8-20-12-5-3-11(16)4-6-12/h3-6,9-10H,7-8H2,1-2H3,(H,17,18,19). The fourth-order valence-electron chi connectivity index (χ4n) is 1.59. The van der Waals surface area contributed by atoms with Crippen LogP contribution in [-0.4, -0.2) is 17.5 Å². The summed E-state index contributed by atoms with van der Waals surface area (Å²) in [7, 11) is 0. The molecule has 0 aliphatic carbocycles. The van der Waals surface area contributed by atoms with Crippen molar-refractivity contribution in [2.75, 3.05) is 11.9 Å². The topological polar surface area (TPSA) is 51.2 Å². The van der Waals surface area contributed by atoms with Gasteiger partial charge in [0.25, 0.3) is 0 Å². The third-order valence-corrected chi connectivity index (χ3v) is 4.22. The van der Waals surface area contributed by atoms with Crippen molar-refractivity contribution in [2.45, 2.75) is 26.2 Å². The minimum Gasteiger partial charge on any atom is -0.493 e. The molecule has 112 valence electrons. The Morgan fingerprint density at radius 1 is 1.38 bits per heavy atom. The van der Waals surface area contributed by atoms with Crippen LogP contribution in [0.2, 0.25) is 5.02 Å². The molecule has 0 unspecified atom stereocenters. The molecule has 0 spiro atoms. The molecule has 0 saturated heterocycles. The van der Waals surface area contributed by atoms with Crippen LogP contribution in [0.1, 0.15) is 31.1 Å². The third-order valence-electron chi connectivity index (χ3n) is 2.75. The number of thiazole rings is 1. The summed E-state index contributed by atoms with van der Waals surface area (Å²) in [4.78, 5) is 17.1. The van der Waals surface area contributed by atoms with Gasteiger partial charge in [-0.3, -0.25) is 4.79 Å². The van der Waals surface area contributed by atoms with Crippen molar-refractivity contribution in [3.63, 3.8) is 0 Å². The monoisotopic (exact) mass is 324 g/mol. The van der Waals surface area contributed by atoms with Crippen molar-refractivity contribution in [1.29, 1.82) is 0 Å². The summed E-state index contributed by atoms with van der Waals surface area (Å²) in [5.41, 5.74) is 0. The van der Waals surface area contributed by atoms with Crippen molar-refractivity contribution < 1.29 is 9.53 Å². The first kappa shape index (κ1) is 15.8. The number of halogens is 1. The van der Waals surface area contributed by atoms with Gasteiger partial charge in [0, 0.05) is 16.1 Å². The summed E-state index contributed by atoms with van der Waals surface area (Å²) in [5, 5.41) is 4.07. The molecule has 1 aromatic heterocycles. The van der Waals surface area contributed by atoms with Crippen LogP contribution in [0.25, 0.3) is 0 Å². The van der Waals surface area contributed by atoms with Gasteiger partial charge in [-0.25, -0.2) is 4.98 Å². The van der Waals surface area contributed by atoms with E-state index in [1.54, 1.807) is 30.5 Å². The van der Waals surface area contributed by atoms with Gasteiger partial charge in [-0.15, -0.1) is 11.3 Å². The van der Waals surface area contributed by atoms with E-state index in [4.69, 9.17) is 16.3 Å². The summed E-state index contributed by atoms with van der Waals surface area (Å²) in [6, 6.07) is 7.05. The Morgan fingerprint density at radius 2 is 2.10 bits per heavy atom. The van der Waals surface area contributed by atoms with Gasteiger partial charge in [0.1, 0.15) is 5.75 Å². The number of ether oxygens (including phenoxy) is 1. The third kappa shape index (κ3) is 5.02. The zero-order valence-electron chi connectivity index (χ0n) is 11.9. The minimum absolute atomic E-state index is 0.103. The Morgan fingerprint density at radius 3 is 2.71 bits per heavy atom. The Hall–Kier alpha value is -1.59. The lowest BCUT2D eigenvalue weighted by molar-refractivity contribution is -0.116. The minimum atomic E-state index is -0.103. The molecular weight excluding hydrogens is 308 g/mol. The van der Waals surface area contributed by atoms with Crippen molar-refractivity contribution >= 4 is 34.0 Å². The first-order valence-electron chi connectivity index (χ1n) is 6.68. The van der Waals surface area contributed by atoms with Crippen molar-refractivity contribution in [3.8, 4) is 5.75 Å². The molecule has 2 aromatic rings. The van der Waals surface area contributed by atoms with Gasteiger partial charge < -0.3 is 10.1 Å². The molecule has 0 aliphatic rings. The highest BCUT2D eigenvalue weighted by molar-refractivity contribution is 7.15. The predicted octanol–water partition coefficient (Wildman–Crippen LogP) is 4.33. The largest absolute Gasteiger partial charge is 0.493 e. The van der Waals surface area contributed by atoms with E-state index in [1.807, 2.05) is 0 Å². The molecule has 1 amide bonds. The number of hydrogen-bond donors (Lipinski definition) is 1. The molecule has 0 aliphatic heterocycles. The second-order valence-electron chi connectivity index (χ2n) is 4.82. The summed E-state index contributed by atoms with van der Waals surface area (Å²) in [6.07, 6.45) is 2.08. The van der Waals surface area contributed by atoms with Crippen molar-refractivity contribution in [1.82, 2.24) is 4.98 Å². The fourth-order valence-corrected chi connectivity index (χ4v) is 2.55. The molecule has 1 heterocycles. The molecule has 21 heavy (non-hydrogen) atoms. The van der Waals surface area contributed by atoms with Crippen LogP contribution >= 0.6 is 22.9 Å². The zero-order chi connectivity index (χ0) is 15.2. The molecule has 1 aromatic carbocycles. The molecule has 0 atom stereocenters. The molecule has 0 fully saturated rings. The number of carbonyl (C=O) groups is 1. The molecule has 6 heteroatoms. The van der Waals surface area contributed by atoms with Gasteiger partial charge in [-0.2, -0.15) is 0 Å². The van der Waals surface area contributed by atoms with E-state index >= 15 is 0 Å². The van der Waals surface area contributed by atoms with Crippen LogP contribution < -0.4 is 10.1 Å². The first-order valence-corrected chi connectivity index (χ1v) is 7.88. The molecule has 2 rings (SSSR count). The smallest absolute Gasteiger partial charge is 0.229 e. The van der Waals surface area contributed by atoms with Crippen molar-refractivity contribution in [3.05, 3.63) is 40.4 Å². The summed E-state index contributed by atoms with van der Waals surface area (Å²) >= 11 is 7.29. The molecule has 0 radical (unpaired) electrons. The molecule has 1 N–H and O–H groups in total. The number of hydrogen-bond acceptors (Lipinski definition) is 4. The summed E-state index contributed by atoms with van der Waals surface area (Å²) in [5.74, 6) is 1.01. The lowest BCUT2D eigenvalue weighted by Crippen LogP contribution is -2.14.